The first-order valence-electron chi connectivity index (χ1n) is 8.32. The molecular formula is C17H25F2N3O2. The number of halogens is 2. The molecule has 2 rings (SSSR count). The van der Waals surface area contributed by atoms with Crippen LogP contribution in [0.15, 0.2) is 24.3 Å². The highest BCUT2D eigenvalue weighted by molar-refractivity contribution is 5.77. The van der Waals surface area contributed by atoms with E-state index in [0.29, 0.717) is 6.54 Å². The molecule has 1 fully saturated rings. The van der Waals surface area contributed by atoms with E-state index in [-0.39, 0.29) is 11.7 Å². The zero-order valence-corrected chi connectivity index (χ0v) is 14.0. The molecule has 134 valence electrons. The number of carbonyl (C=O) groups excluding carboxylic acids is 1. The van der Waals surface area contributed by atoms with Crippen molar-refractivity contribution in [3.05, 3.63) is 29.8 Å². The minimum Gasteiger partial charge on any atom is -0.435 e. The maximum Gasteiger partial charge on any atom is 0.387 e. The molecule has 5 nitrogen and oxygen atoms in total. The maximum absolute atomic E-state index is 12.1. The molecule has 0 saturated carbocycles. The summed E-state index contributed by atoms with van der Waals surface area (Å²) in [6.07, 6.45) is 0.945. The fraction of sp³-hybridized carbons (Fsp3) is 0.588. The van der Waals surface area contributed by atoms with Gasteiger partial charge in [-0.25, -0.2) is 0 Å². The monoisotopic (exact) mass is 341 g/mol. The minimum absolute atomic E-state index is 0.0833. The number of rotatable bonds is 8. The van der Waals surface area contributed by atoms with Crippen molar-refractivity contribution in [1.82, 2.24) is 15.1 Å². The van der Waals surface area contributed by atoms with Gasteiger partial charge in [-0.1, -0.05) is 19.1 Å². The van der Waals surface area contributed by atoms with Gasteiger partial charge in [0.05, 0.1) is 6.54 Å². The van der Waals surface area contributed by atoms with Gasteiger partial charge in [-0.2, -0.15) is 8.78 Å². The molecule has 7 heteroatoms. The van der Waals surface area contributed by atoms with E-state index in [1.54, 1.807) is 12.1 Å². The Morgan fingerprint density at radius 3 is 2.38 bits per heavy atom. The van der Waals surface area contributed by atoms with Crippen molar-refractivity contribution in [3.63, 3.8) is 0 Å². The van der Waals surface area contributed by atoms with Gasteiger partial charge in [0.2, 0.25) is 5.91 Å². The molecule has 0 aliphatic carbocycles. The van der Waals surface area contributed by atoms with Gasteiger partial charge >= 0.3 is 6.61 Å². The largest absolute Gasteiger partial charge is 0.435 e. The molecule has 0 unspecified atom stereocenters. The summed E-state index contributed by atoms with van der Waals surface area (Å²) < 4.78 is 28.6. The fourth-order valence-electron chi connectivity index (χ4n) is 2.66. The Morgan fingerprint density at radius 2 is 1.79 bits per heavy atom. The molecule has 1 aliphatic heterocycles. The van der Waals surface area contributed by atoms with Crippen LogP contribution in [-0.2, 0) is 11.3 Å². The third kappa shape index (κ3) is 6.41. The van der Waals surface area contributed by atoms with E-state index in [2.05, 4.69) is 19.9 Å². The lowest BCUT2D eigenvalue weighted by molar-refractivity contribution is -0.122. The average molecular weight is 341 g/mol. The summed E-state index contributed by atoms with van der Waals surface area (Å²) in [6.45, 7) is 4.66. The van der Waals surface area contributed by atoms with Crippen LogP contribution < -0.4 is 10.1 Å². The van der Waals surface area contributed by atoms with Gasteiger partial charge in [-0.15, -0.1) is 0 Å². The summed E-state index contributed by atoms with van der Waals surface area (Å²) in [7, 11) is 0. The van der Waals surface area contributed by atoms with E-state index in [9.17, 15) is 13.6 Å². The molecule has 0 radical (unpaired) electrons. The van der Waals surface area contributed by atoms with E-state index in [1.165, 1.54) is 0 Å². The highest BCUT2D eigenvalue weighted by atomic mass is 19.3. The fourth-order valence-corrected chi connectivity index (χ4v) is 2.66. The molecule has 1 N–H and O–H groups in total. The van der Waals surface area contributed by atoms with Crippen molar-refractivity contribution in [2.75, 3.05) is 39.3 Å². The summed E-state index contributed by atoms with van der Waals surface area (Å²) in [6, 6.07) is 6.75. The number of nitrogens with one attached hydrogen (secondary N) is 1. The lowest BCUT2D eigenvalue weighted by Crippen LogP contribution is -2.49. The van der Waals surface area contributed by atoms with E-state index >= 15 is 0 Å². The number of benzene rings is 1. The second-order valence-electron chi connectivity index (χ2n) is 5.92. The van der Waals surface area contributed by atoms with E-state index in [1.807, 2.05) is 19.1 Å². The van der Waals surface area contributed by atoms with Crippen LogP contribution in [0.2, 0.25) is 0 Å². The van der Waals surface area contributed by atoms with E-state index < -0.39 is 6.61 Å². The first kappa shape index (κ1) is 18.6. The lowest BCUT2D eigenvalue weighted by Gasteiger charge is -2.34. The number of carbonyl (C=O) groups is 1. The summed E-state index contributed by atoms with van der Waals surface area (Å²) >= 11 is 0. The van der Waals surface area contributed by atoms with Crippen molar-refractivity contribution in [2.45, 2.75) is 26.5 Å². The molecule has 1 heterocycles. The van der Waals surface area contributed by atoms with Crippen molar-refractivity contribution < 1.29 is 18.3 Å². The minimum atomic E-state index is -2.79. The molecule has 1 aromatic carbocycles. The molecule has 0 spiro atoms. The average Bonchev–Trinajstić information content (AvgIpc) is 2.56. The Labute approximate surface area is 141 Å². The predicted octanol–water partition coefficient (Wildman–Crippen LogP) is 1.93. The van der Waals surface area contributed by atoms with Crippen LogP contribution in [0.25, 0.3) is 0 Å². The lowest BCUT2D eigenvalue weighted by atomic mass is 10.2. The molecular weight excluding hydrogens is 316 g/mol. The number of piperazine rings is 1. The molecule has 0 bridgehead atoms. The third-order valence-electron chi connectivity index (χ3n) is 3.96. The first-order chi connectivity index (χ1) is 11.6. The predicted molar refractivity (Wildman–Crippen MR) is 88.1 cm³/mol. The van der Waals surface area contributed by atoms with Crippen molar-refractivity contribution in [1.29, 1.82) is 0 Å². The van der Waals surface area contributed by atoms with Crippen LogP contribution in [0.4, 0.5) is 8.78 Å². The maximum atomic E-state index is 12.1. The van der Waals surface area contributed by atoms with Crippen molar-refractivity contribution >= 4 is 5.91 Å². The second-order valence-corrected chi connectivity index (χ2v) is 5.92. The standard InChI is InChI=1S/C17H25F2N3O2/c1-2-7-20-16(23)13-22-10-8-21(9-11-22)12-14-3-5-15(6-4-14)24-17(18)19/h3-6,17H,2,7-13H2,1H3,(H,20,23). The Bertz CT molecular complexity index is 503. The summed E-state index contributed by atoms with van der Waals surface area (Å²) in [5.74, 6) is 0.261. The van der Waals surface area contributed by atoms with Gasteiger partial charge in [-0.05, 0) is 24.1 Å². The van der Waals surface area contributed by atoms with Crippen LogP contribution >= 0.6 is 0 Å². The van der Waals surface area contributed by atoms with Gasteiger partial charge in [-0.3, -0.25) is 14.6 Å². The van der Waals surface area contributed by atoms with Crippen LogP contribution in [0.5, 0.6) is 5.75 Å². The molecule has 24 heavy (non-hydrogen) atoms. The number of amides is 1. The zero-order chi connectivity index (χ0) is 17.4. The highest BCUT2D eigenvalue weighted by Gasteiger charge is 2.18. The summed E-state index contributed by atoms with van der Waals surface area (Å²) in [4.78, 5) is 16.2. The quantitative estimate of drug-likeness (QED) is 0.785. The van der Waals surface area contributed by atoms with Gasteiger partial charge < -0.3 is 10.1 Å². The van der Waals surface area contributed by atoms with E-state index in [4.69, 9.17) is 0 Å². The molecule has 0 atom stereocenters. The van der Waals surface area contributed by atoms with Crippen LogP contribution in [0.3, 0.4) is 0 Å². The number of alkyl halides is 2. The number of hydrogen-bond donors (Lipinski definition) is 1. The second kappa shape index (κ2) is 9.54. The Balaban J connectivity index is 1.71. The summed E-state index contributed by atoms with van der Waals surface area (Å²) in [5, 5.41) is 2.89. The molecule has 1 aromatic rings. The topological polar surface area (TPSA) is 44.8 Å². The first-order valence-corrected chi connectivity index (χ1v) is 8.32. The zero-order valence-electron chi connectivity index (χ0n) is 14.0. The van der Waals surface area contributed by atoms with Crippen LogP contribution in [0.1, 0.15) is 18.9 Å². The Hall–Kier alpha value is -1.73. The Kier molecular flexibility index (Phi) is 7.39. The summed E-state index contributed by atoms with van der Waals surface area (Å²) in [5.41, 5.74) is 1.06. The Morgan fingerprint density at radius 1 is 1.17 bits per heavy atom. The smallest absolute Gasteiger partial charge is 0.387 e. The SMILES string of the molecule is CCCNC(=O)CN1CCN(Cc2ccc(OC(F)F)cc2)CC1. The van der Waals surface area contributed by atoms with E-state index in [0.717, 1.165) is 51.3 Å². The molecule has 1 amide bonds. The van der Waals surface area contributed by atoms with Crippen LogP contribution in [-0.4, -0.2) is 61.6 Å². The third-order valence-corrected chi connectivity index (χ3v) is 3.96. The highest BCUT2D eigenvalue weighted by Crippen LogP contribution is 2.16. The number of hydrogen-bond acceptors (Lipinski definition) is 4. The van der Waals surface area contributed by atoms with Crippen LogP contribution in [0, 0.1) is 0 Å². The molecule has 1 aliphatic rings. The van der Waals surface area contributed by atoms with Gasteiger partial charge in [0, 0.05) is 39.3 Å². The van der Waals surface area contributed by atoms with Crippen molar-refractivity contribution in [3.8, 4) is 5.75 Å². The normalized spacial score (nSPS) is 16.3. The number of ether oxygens (including phenoxy) is 1. The van der Waals surface area contributed by atoms with Gasteiger partial charge in [0.1, 0.15) is 5.75 Å². The molecule has 0 aromatic heterocycles. The molecule has 1 saturated heterocycles. The van der Waals surface area contributed by atoms with Gasteiger partial charge in [0.15, 0.2) is 0 Å². The number of nitrogens with zero attached hydrogens (tertiary/aromatic N) is 2. The van der Waals surface area contributed by atoms with Crippen molar-refractivity contribution in [2.24, 2.45) is 0 Å². The van der Waals surface area contributed by atoms with Gasteiger partial charge in [0.25, 0.3) is 0 Å².